The normalized spacial score (nSPS) is 11.9. The Hall–Kier alpha value is -1.81. The Balaban J connectivity index is 2.11. The van der Waals surface area contributed by atoms with Crippen LogP contribution in [0.25, 0.3) is 10.9 Å². The Bertz CT molecular complexity index is 542. The highest BCUT2D eigenvalue weighted by Crippen LogP contribution is 2.14. The van der Waals surface area contributed by atoms with Gasteiger partial charge in [0.25, 0.3) is 0 Å². The maximum atomic E-state index is 11.2. The molecule has 1 amide bonds. The molecule has 1 heterocycles. The second-order valence-corrected chi connectivity index (χ2v) is 4.74. The van der Waals surface area contributed by atoms with E-state index < -0.39 is 5.54 Å². The Morgan fingerprint density at radius 3 is 2.88 bits per heavy atom. The molecule has 2 rings (SSSR count). The van der Waals surface area contributed by atoms with Gasteiger partial charge >= 0.3 is 0 Å². The van der Waals surface area contributed by atoms with E-state index in [1.165, 1.54) is 5.39 Å². The van der Waals surface area contributed by atoms with Crippen LogP contribution >= 0.6 is 0 Å². The molecule has 1 aromatic carbocycles. The predicted molar refractivity (Wildman–Crippen MR) is 68.4 cm³/mol. The number of carbonyl (C=O) groups is 1. The first-order chi connectivity index (χ1) is 7.99. The summed E-state index contributed by atoms with van der Waals surface area (Å²) in [7, 11) is 0. The quantitative estimate of drug-likeness (QED) is 0.746. The van der Waals surface area contributed by atoms with E-state index in [0.29, 0.717) is 6.54 Å². The number of fused-ring (bicyclic) bond motifs is 1. The van der Waals surface area contributed by atoms with Crippen LogP contribution in [0.2, 0.25) is 0 Å². The molecule has 1 aromatic heterocycles. The maximum Gasteiger partial charge on any atom is 0.237 e. The fraction of sp³-hybridized carbons (Fsp3) is 0.308. The van der Waals surface area contributed by atoms with Crippen LogP contribution in [-0.4, -0.2) is 16.4 Å². The summed E-state index contributed by atoms with van der Waals surface area (Å²) < 4.78 is 0. The topological polar surface area (TPSA) is 70.9 Å². The first-order valence-corrected chi connectivity index (χ1v) is 5.60. The highest BCUT2D eigenvalue weighted by Gasteiger charge is 2.23. The zero-order valence-electron chi connectivity index (χ0n) is 10.1. The lowest BCUT2D eigenvalue weighted by Gasteiger charge is -2.22. The minimum Gasteiger partial charge on any atom is -0.368 e. The molecular weight excluding hydrogens is 214 g/mol. The zero-order chi connectivity index (χ0) is 12.5. The molecule has 4 N–H and O–H groups in total. The molecule has 2 aromatic rings. The summed E-state index contributed by atoms with van der Waals surface area (Å²) in [5.74, 6) is -0.349. The van der Waals surface area contributed by atoms with Crippen molar-refractivity contribution in [3.05, 3.63) is 36.0 Å². The van der Waals surface area contributed by atoms with Crippen LogP contribution < -0.4 is 11.1 Å². The highest BCUT2D eigenvalue weighted by molar-refractivity contribution is 5.83. The molecule has 0 aliphatic carbocycles. The molecule has 0 saturated heterocycles. The summed E-state index contributed by atoms with van der Waals surface area (Å²) >= 11 is 0. The van der Waals surface area contributed by atoms with Gasteiger partial charge in [-0.05, 0) is 36.9 Å². The van der Waals surface area contributed by atoms with Gasteiger partial charge < -0.3 is 10.7 Å². The summed E-state index contributed by atoms with van der Waals surface area (Å²) in [6, 6.07) is 8.19. The predicted octanol–water partition coefficient (Wildman–Crippen LogP) is 1.52. The van der Waals surface area contributed by atoms with E-state index in [4.69, 9.17) is 5.73 Å². The number of nitrogens with two attached hydrogens (primary N) is 1. The standard InChI is InChI=1S/C13H17N3O/c1-13(2,12(14)17)16-8-9-3-4-10-5-6-15-11(10)7-9/h3-7,15-16H,8H2,1-2H3,(H2,14,17). The van der Waals surface area contributed by atoms with Gasteiger partial charge in [-0.1, -0.05) is 12.1 Å². The van der Waals surface area contributed by atoms with E-state index >= 15 is 0 Å². The molecule has 0 atom stereocenters. The van der Waals surface area contributed by atoms with E-state index in [0.717, 1.165) is 11.1 Å². The Labute approximate surface area is 100 Å². The van der Waals surface area contributed by atoms with Gasteiger partial charge in [-0.2, -0.15) is 0 Å². The van der Waals surface area contributed by atoms with Crippen LogP contribution in [0.1, 0.15) is 19.4 Å². The third kappa shape index (κ3) is 2.47. The smallest absolute Gasteiger partial charge is 0.237 e. The summed E-state index contributed by atoms with van der Waals surface area (Å²) in [4.78, 5) is 14.3. The first kappa shape index (κ1) is 11.7. The van der Waals surface area contributed by atoms with Crippen LogP contribution in [-0.2, 0) is 11.3 Å². The molecule has 0 aliphatic rings. The maximum absolute atomic E-state index is 11.2. The third-order valence-corrected chi connectivity index (χ3v) is 2.97. The number of H-pyrrole nitrogens is 1. The summed E-state index contributed by atoms with van der Waals surface area (Å²) in [5, 5.41) is 4.33. The molecule has 4 heteroatoms. The number of aromatic amines is 1. The second kappa shape index (κ2) is 4.22. The average Bonchev–Trinajstić information content (AvgIpc) is 2.73. The Kier molecular flexibility index (Phi) is 2.90. The van der Waals surface area contributed by atoms with E-state index in [2.05, 4.69) is 22.4 Å². The monoisotopic (exact) mass is 231 g/mol. The fourth-order valence-electron chi connectivity index (χ4n) is 1.62. The first-order valence-electron chi connectivity index (χ1n) is 5.60. The number of benzene rings is 1. The number of hydrogen-bond donors (Lipinski definition) is 3. The van der Waals surface area contributed by atoms with Crippen molar-refractivity contribution in [1.82, 2.24) is 10.3 Å². The Morgan fingerprint density at radius 2 is 2.18 bits per heavy atom. The minimum absolute atomic E-state index is 0.349. The second-order valence-electron chi connectivity index (χ2n) is 4.74. The van der Waals surface area contributed by atoms with Crippen molar-refractivity contribution in [2.75, 3.05) is 0 Å². The summed E-state index contributed by atoms with van der Waals surface area (Å²) in [5.41, 5.74) is 6.83. The lowest BCUT2D eigenvalue weighted by atomic mass is 10.0. The number of amides is 1. The molecule has 0 unspecified atom stereocenters. The van der Waals surface area contributed by atoms with Gasteiger partial charge in [0.2, 0.25) is 5.91 Å². The van der Waals surface area contributed by atoms with Gasteiger partial charge in [-0.3, -0.25) is 10.1 Å². The minimum atomic E-state index is -0.690. The van der Waals surface area contributed by atoms with E-state index in [1.54, 1.807) is 13.8 Å². The van der Waals surface area contributed by atoms with Crippen LogP contribution in [0, 0.1) is 0 Å². The molecule has 0 aliphatic heterocycles. The van der Waals surface area contributed by atoms with Gasteiger partial charge in [0, 0.05) is 18.3 Å². The SMILES string of the molecule is CC(C)(NCc1ccc2cc[nH]c2c1)C(N)=O. The van der Waals surface area contributed by atoms with Crippen LogP contribution in [0.3, 0.4) is 0 Å². The number of aromatic nitrogens is 1. The van der Waals surface area contributed by atoms with Crippen molar-refractivity contribution >= 4 is 16.8 Å². The van der Waals surface area contributed by atoms with Crippen molar-refractivity contribution in [3.63, 3.8) is 0 Å². The van der Waals surface area contributed by atoms with Gasteiger partial charge in [-0.15, -0.1) is 0 Å². The van der Waals surface area contributed by atoms with Gasteiger partial charge in [0.05, 0.1) is 5.54 Å². The molecule has 0 radical (unpaired) electrons. The molecule has 0 spiro atoms. The molecule has 17 heavy (non-hydrogen) atoms. The number of carbonyl (C=O) groups excluding carboxylic acids is 1. The van der Waals surface area contributed by atoms with Crippen molar-refractivity contribution in [1.29, 1.82) is 0 Å². The number of hydrogen-bond acceptors (Lipinski definition) is 2. The van der Waals surface area contributed by atoms with Crippen molar-refractivity contribution in [2.24, 2.45) is 5.73 Å². The zero-order valence-corrected chi connectivity index (χ0v) is 10.1. The van der Waals surface area contributed by atoms with Crippen LogP contribution in [0.4, 0.5) is 0 Å². The molecule has 0 bridgehead atoms. The molecule has 0 saturated carbocycles. The third-order valence-electron chi connectivity index (χ3n) is 2.97. The van der Waals surface area contributed by atoms with Crippen molar-refractivity contribution in [2.45, 2.75) is 25.9 Å². The van der Waals surface area contributed by atoms with Gasteiger partial charge in [-0.25, -0.2) is 0 Å². The van der Waals surface area contributed by atoms with Gasteiger partial charge in [0.15, 0.2) is 0 Å². The van der Waals surface area contributed by atoms with Crippen LogP contribution in [0.15, 0.2) is 30.5 Å². The van der Waals surface area contributed by atoms with Gasteiger partial charge in [0.1, 0.15) is 0 Å². The van der Waals surface area contributed by atoms with Crippen molar-refractivity contribution in [3.8, 4) is 0 Å². The number of rotatable bonds is 4. The lowest BCUT2D eigenvalue weighted by Crippen LogP contribution is -2.50. The summed E-state index contributed by atoms with van der Waals surface area (Å²) in [6.45, 7) is 4.18. The van der Waals surface area contributed by atoms with E-state index in [9.17, 15) is 4.79 Å². The number of primary amides is 1. The van der Waals surface area contributed by atoms with Crippen LogP contribution in [0.5, 0.6) is 0 Å². The van der Waals surface area contributed by atoms with E-state index in [1.807, 2.05) is 18.3 Å². The largest absolute Gasteiger partial charge is 0.368 e. The fourth-order valence-corrected chi connectivity index (χ4v) is 1.62. The molecular formula is C13H17N3O. The Morgan fingerprint density at radius 1 is 1.41 bits per heavy atom. The highest BCUT2D eigenvalue weighted by atomic mass is 16.1. The average molecular weight is 231 g/mol. The molecule has 4 nitrogen and oxygen atoms in total. The van der Waals surface area contributed by atoms with E-state index in [-0.39, 0.29) is 5.91 Å². The molecule has 90 valence electrons. The summed E-state index contributed by atoms with van der Waals surface area (Å²) in [6.07, 6.45) is 1.91. The lowest BCUT2D eigenvalue weighted by molar-refractivity contribution is -0.123. The van der Waals surface area contributed by atoms with Crippen molar-refractivity contribution < 1.29 is 4.79 Å². The number of nitrogens with one attached hydrogen (secondary N) is 2. The molecule has 0 fully saturated rings.